The lowest BCUT2D eigenvalue weighted by atomic mass is 9.78. The van der Waals surface area contributed by atoms with Crippen LogP contribution in [0.25, 0.3) is 11.4 Å². The van der Waals surface area contributed by atoms with Gasteiger partial charge in [0.1, 0.15) is 4.92 Å². The highest BCUT2D eigenvalue weighted by Crippen LogP contribution is 2.39. The minimum absolute atomic E-state index is 0.0131. The van der Waals surface area contributed by atoms with Crippen molar-refractivity contribution >= 4 is 11.8 Å². The second-order valence-corrected chi connectivity index (χ2v) is 8.54. The fourth-order valence-corrected chi connectivity index (χ4v) is 4.66. The summed E-state index contributed by atoms with van der Waals surface area (Å²) < 4.78 is 16.7. The van der Waals surface area contributed by atoms with E-state index in [0.717, 1.165) is 18.4 Å². The predicted molar refractivity (Wildman–Crippen MR) is 113 cm³/mol. The van der Waals surface area contributed by atoms with Crippen LogP contribution in [0.2, 0.25) is 0 Å². The van der Waals surface area contributed by atoms with E-state index in [9.17, 15) is 14.9 Å². The van der Waals surface area contributed by atoms with Gasteiger partial charge in [0, 0.05) is 44.1 Å². The number of aromatic nitrogens is 3. The van der Waals surface area contributed by atoms with E-state index in [2.05, 4.69) is 15.1 Å². The third-order valence-corrected chi connectivity index (χ3v) is 6.39. The van der Waals surface area contributed by atoms with E-state index in [-0.39, 0.29) is 17.3 Å². The van der Waals surface area contributed by atoms with E-state index in [1.54, 1.807) is 17.3 Å². The fraction of sp³-hybridized carbons (Fsp3) is 0.455. The van der Waals surface area contributed by atoms with E-state index >= 15 is 0 Å². The number of amides is 1. The van der Waals surface area contributed by atoms with Crippen LogP contribution in [0.1, 0.15) is 42.1 Å². The van der Waals surface area contributed by atoms with Gasteiger partial charge in [-0.1, -0.05) is 5.16 Å². The maximum Gasteiger partial charge on any atom is 0.433 e. The second-order valence-electron chi connectivity index (χ2n) is 8.54. The number of nitrogens with zero attached hydrogens (tertiary/aromatic N) is 5. The molecule has 3 aromatic heterocycles. The number of rotatable bonds is 5. The number of piperidine rings is 1. The number of furan rings is 1. The lowest BCUT2D eigenvalue weighted by molar-refractivity contribution is -0.402. The first kappa shape index (κ1) is 21.3. The Morgan fingerprint density at radius 2 is 2.12 bits per heavy atom. The normalized spacial score (nSPS) is 20.1. The molecule has 3 aromatic rings. The molecule has 33 heavy (non-hydrogen) atoms. The molecule has 1 amide bonds. The molecule has 2 aliphatic rings. The number of pyridine rings is 1. The van der Waals surface area contributed by atoms with E-state index in [1.807, 2.05) is 12.1 Å². The number of carbonyl (C=O) groups excluding carboxylic acids is 1. The number of hydrogen-bond donors (Lipinski definition) is 0. The van der Waals surface area contributed by atoms with Gasteiger partial charge in [-0.3, -0.25) is 19.9 Å². The summed E-state index contributed by atoms with van der Waals surface area (Å²) >= 11 is 0. The van der Waals surface area contributed by atoms with E-state index < -0.39 is 10.8 Å². The SMILES string of the molecule is O=C(c1ccc([N+](=O)[O-])o1)N1CCC2(CC1)CC(Cc1nc(-c3cccnc3)no1)CCO2. The Labute approximate surface area is 188 Å². The van der Waals surface area contributed by atoms with Gasteiger partial charge in [-0.2, -0.15) is 4.98 Å². The topological polar surface area (TPSA) is 138 Å². The molecule has 2 fully saturated rings. The standard InChI is InChI=1S/C22H23N5O6/c28-21(17-3-4-19(32-17)27(29)30)26-9-6-22(7-10-26)13-15(5-11-31-22)12-18-24-20(25-33-18)16-2-1-8-23-14-16/h1-4,8,14-15H,5-7,9-13H2. The molecule has 0 radical (unpaired) electrons. The molecule has 11 heteroatoms. The van der Waals surface area contributed by atoms with Crippen molar-refractivity contribution in [2.24, 2.45) is 5.92 Å². The highest BCUT2D eigenvalue weighted by atomic mass is 16.6. The van der Waals surface area contributed by atoms with Crippen LogP contribution in [-0.4, -0.2) is 56.2 Å². The van der Waals surface area contributed by atoms with Crippen molar-refractivity contribution in [3.63, 3.8) is 0 Å². The van der Waals surface area contributed by atoms with Crippen LogP contribution in [0.4, 0.5) is 5.88 Å². The highest BCUT2D eigenvalue weighted by Gasteiger charge is 2.42. The van der Waals surface area contributed by atoms with Gasteiger partial charge in [-0.15, -0.1) is 0 Å². The minimum Gasteiger partial charge on any atom is -0.395 e. The summed E-state index contributed by atoms with van der Waals surface area (Å²) in [6.07, 6.45) is 7.23. The van der Waals surface area contributed by atoms with Gasteiger partial charge in [0.25, 0.3) is 5.91 Å². The molecular formula is C22H23N5O6. The van der Waals surface area contributed by atoms with E-state index in [1.165, 1.54) is 12.1 Å². The van der Waals surface area contributed by atoms with Crippen molar-refractivity contribution in [3.05, 3.63) is 58.4 Å². The van der Waals surface area contributed by atoms with Gasteiger partial charge < -0.3 is 18.6 Å². The first-order valence-corrected chi connectivity index (χ1v) is 10.9. The summed E-state index contributed by atoms with van der Waals surface area (Å²) in [7, 11) is 0. The zero-order valence-electron chi connectivity index (χ0n) is 17.9. The molecule has 0 aromatic carbocycles. The van der Waals surface area contributed by atoms with Crippen molar-refractivity contribution in [2.45, 2.75) is 37.7 Å². The molecule has 1 spiro atoms. The molecule has 2 saturated heterocycles. The summed E-state index contributed by atoms with van der Waals surface area (Å²) in [5.41, 5.74) is 0.524. The summed E-state index contributed by atoms with van der Waals surface area (Å²) in [6.45, 7) is 1.66. The number of carbonyl (C=O) groups is 1. The van der Waals surface area contributed by atoms with Gasteiger partial charge in [0.15, 0.2) is 5.76 Å². The minimum atomic E-state index is -0.652. The quantitative estimate of drug-likeness (QED) is 0.421. The van der Waals surface area contributed by atoms with Crippen LogP contribution in [0, 0.1) is 16.0 Å². The summed E-state index contributed by atoms with van der Waals surface area (Å²) in [6, 6.07) is 6.27. The summed E-state index contributed by atoms with van der Waals surface area (Å²) in [4.78, 5) is 33.1. The second kappa shape index (κ2) is 8.74. The Hall–Kier alpha value is -3.60. The Balaban J connectivity index is 1.18. The first-order valence-electron chi connectivity index (χ1n) is 10.9. The molecule has 0 bridgehead atoms. The average molecular weight is 453 g/mol. The number of ether oxygens (including phenoxy) is 1. The average Bonchev–Trinajstić information content (AvgIpc) is 3.50. The molecule has 5 rings (SSSR count). The van der Waals surface area contributed by atoms with E-state index in [4.69, 9.17) is 13.7 Å². The molecule has 2 aliphatic heterocycles. The highest BCUT2D eigenvalue weighted by molar-refractivity contribution is 5.91. The predicted octanol–water partition coefficient (Wildman–Crippen LogP) is 3.28. The monoisotopic (exact) mass is 453 g/mol. The Bertz CT molecular complexity index is 1140. The molecule has 0 aliphatic carbocycles. The van der Waals surface area contributed by atoms with Gasteiger partial charge in [-0.05, 0) is 49.8 Å². The third kappa shape index (κ3) is 4.49. The van der Waals surface area contributed by atoms with Crippen LogP contribution >= 0.6 is 0 Å². The van der Waals surface area contributed by atoms with Crippen LogP contribution in [0.5, 0.6) is 0 Å². The van der Waals surface area contributed by atoms with Crippen molar-refractivity contribution < 1.29 is 23.4 Å². The Morgan fingerprint density at radius 1 is 1.27 bits per heavy atom. The lowest BCUT2D eigenvalue weighted by Crippen LogP contribution is -2.51. The molecule has 0 saturated carbocycles. The van der Waals surface area contributed by atoms with Crippen molar-refractivity contribution in [2.75, 3.05) is 19.7 Å². The maximum atomic E-state index is 12.7. The van der Waals surface area contributed by atoms with Gasteiger partial charge >= 0.3 is 5.88 Å². The van der Waals surface area contributed by atoms with Gasteiger partial charge in [0.05, 0.1) is 11.7 Å². The van der Waals surface area contributed by atoms with Crippen molar-refractivity contribution in [3.8, 4) is 11.4 Å². The maximum absolute atomic E-state index is 12.7. The van der Waals surface area contributed by atoms with Gasteiger partial charge in [-0.25, -0.2) is 0 Å². The zero-order valence-corrected chi connectivity index (χ0v) is 17.9. The van der Waals surface area contributed by atoms with Crippen LogP contribution in [0.15, 0.2) is 45.6 Å². The Morgan fingerprint density at radius 3 is 2.85 bits per heavy atom. The molecule has 5 heterocycles. The molecule has 172 valence electrons. The fourth-order valence-electron chi connectivity index (χ4n) is 4.66. The number of likely N-dealkylation sites (tertiary alicyclic amines) is 1. The van der Waals surface area contributed by atoms with Crippen LogP contribution in [-0.2, 0) is 11.2 Å². The van der Waals surface area contributed by atoms with Crippen molar-refractivity contribution in [1.82, 2.24) is 20.0 Å². The first-order chi connectivity index (χ1) is 16.0. The molecule has 11 nitrogen and oxygen atoms in total. The van der Waals surface area contributed by atoms with Crippen LogP contribution < -0.4 is 0 Å². The van der Waals surface area contributed by atoms with Crippen molar-refractivity contribution in [1.29, 1.82) is 0 Å². The van der Waals surface area contributed by atoms with E-state index in [0.29, 0.717) is 56.6 Å². The summed E-state index contributed by atoms with van der Waals surface area (Å²) in [5, 5.41) is 14.9. The lowest BCUT2D eigenvalue weighted by Gasteiger charge is -2.46. The smallest absolute Gasteiger partial charge is 0.395 e. The Kier molecular flexibility index (Phi) is 5.63. The molecule has 0 N–H and O–H groups in total. The van der Waals surface area contributed by atoms with Crippen LogP contribution in [0.3, 0.4) is 0 Å². The largest absolute Gasteiger partial charge is 0.433 e. The molecule has 1 unspecified atom stereocenters. The summed E-state index contributed by atoms with van der Waals surface area (Å²) in [5.74, 6) is 0.696. The number of nitro groups is 1. The molecule has 1 atom stereocenters. The van der Waals surface area contributed by atoms with Gasteiger partial charge in [0.2, 0.25) is 11.7 Å². The third-order valence-electron chi connectivity index (χ3n) is 6.39. The number of hydrogen-bond acceptors (Lipinski definition) is 9. The molecular weight excluding hydrogens is 430 g/mol. The zero-order chi connectivity index (χ0) is 22.8.